The molecule has 1 aromatic rings. The number of aryl methyl sites for hydroxylation is 1. The number of aromatic nitrogens is 2. The van der Waals surface area contributed by atoms with Crippen molar-refractivity contribution in [2.45, 2.75) is 45.6 Å². The van der Waals surface area contributed by atoms with Gasteiger partial charge in [0.05, 0.1) is 0 Å². The summed E-state index contributed by atoms with van der Waals surface area (Å²) < 4.78 is 0. The number of aliphatic carboxylic acids is 1. The minimum atomic E-state index is -1.01. The number of carbonyl (C=O) groups excluding carboxylic acids is 1. The molecule has 3 N–H and O–H groups in total. The van der Waals surface area contributed by atoms with Crippen LogP contribution in [0.2, 0.25) is 0 Å². The van der Waals surface area contributed by atoms with Gasteiger partial charge in [-0.05, 0) is 18.9 Å². The molecule has 0 aliphatic rings. The fourth-order valence-corrected chi connectivity index (χ4v) is 1.56. The van der Waals surface area contributed by atoms with Crippen molar-refractivity contribution in [1.29, 1.82) is 0 Å². The van der Waals surface area contributed by atoms with Crippen molar-refractivity contribution in [2.24, 2.45) is 0 Å². The Hall–Kier alpha value is -1.85. The maximum absolute atomic E-state index is 11.8. The van der Waals surface area contributed by atoms with Crippen LogP contribution in [0.25, 0.3) is 0 Å². The molecular weight excluding hydrogens is 234 g/mol. The van der Waals surface area contributed by atoms with Gasteiger partial charge < -0.3 is 10.4 Å². The summed E-state index contributed by atoms with van der Waals surface area (Å²) in [6.45, 7) is 3.92. The summed E-state index contributed by atoms with van der Waals surface area (Å²) >= 11 is 0. The summed E-state index contributed by atoms with van der Waals surface area (Å²) in [6, 6.07) is 0.785. The van der Waals surface area contributed by atoms with Crippen LogP contribution in [0.4, 0.5) is 0 Å². The average Bonchev–Trinajstić information content (AvgIpc) is 2.82. The second kappa shape index (κ2) is 6.78. The highest BCUT2D eigenvalue weighted by Crippen LogP contribution is 2.04. The molecule has 0 radical (unpaired) electrons. The molecular formula is C12H19N3O3. The van der Waals surface area contributed by atoms with E-state index in [1.807, 2.05) is 13.8 Å². The average molecular weight is 253 g/mol. The Labute approximate surface area is 106 Å². The number of nitrogens with zero attached hydrogens (tertiary/aromatic N) is 1. The molecule has 0 aliphatic heterocycles. The summed E-state index contributed by atoms with van der Waals surface area (Å²) in [4.78, 5) is 22.8. The van der Waals surface area contributed by atoms with Crippen LogP contribution in [-0.2, 0) is 11.2 Å². The first kappa shape index (κ1) is 14.2. The number of nitrogens with one attached hydrogen (secondary N) is 2. The van der Waals surface area contributed by atoms with Crippen molar-refractivity contribution >= 4 is 11.9 Å². The number of H-pyrrole nitrogens is 1. The summed E-state index contributed by atoms with van der Waals surface area (Å²) in [7, 11) is 0. The van der Waals surface area contributed by atoms with Crippen LogP contribution in [0.5, 0.6) is 0 Å². The van der Waals surface area contributed by atoms with Crippen LogP contribution in [0.1, 0.15) is 49.3 Å². The summed E-state index contributed by atoms with van der Waals surface area (Å²) in [6.07, 6.45) is 2.83. The van der Waals surface area contributed by atoms with E-state index in [1.165, 1.54) is 0 Å². The molecule has 1 amide bonds. The number of rotatable bonds is 7. The van der Waals surface area contributed by atoms with Gasteiger partial charge in [-0.15, -0.1) is 0 Å². The van der Waals surface area contributed by atoms with Crippen LogP contribution in [0.15, 0.2) is 6.07 Å². The van der Waals surface area contributed by atoms with Crippen molar-refractivity contribution in [1.82, 2.24) is 15.5 Å². The van der Waals surface area contributed by atoms with Crippen molar-refractivity contribution in [3.63, 3.8) is 0 Å². The predicted octanol–water partition coefficient (Wildman–Crippen LogP) is 1.35. The lowest BCUT2D eigenvalue weighted by Gasteiger charge is -2.12. The minimum absolute atomic E-state index is 0.231. The number of carboxylic acids is 1. The van der Waals surface area contributed by atoms with Gasteiger partial charge in [0, 0.05) is 5.69 Å². The first-order valence-corrected chi connectivity index (χ1v) is 6.16. The zero-order valence-corrected chi connectivity index (χ0v) is 10.7. The largest absolute Gasteiger partial charge is 0.480 e. The lowest BCUT2D eigenvalue weighted by Crippen LogP contribution is -2.40. The second-order valence-electron chi connectivity index (χ2n) is 4.14. The standard InChI is InChI=1S/C12H19N3O3/c1-3-5-6-9(12(17)18)13-11(16)10-7-8(4-2)14-15-10/h7,9H,3-6H2,1-2H3,(H,13,16)(H,14,15)(H,17,18). The molecule has 0 fully saturated rings. The molecule has 100 valence electrons. The number of unbranched alkanes of at least 4 members (excludes halogenated alkanes) is 1. The van der Waals surface area contributed by atoms with E-state index < -0.39 is 17.9 Å². The van der Waals surface area contributed by atoms with Crippen molar-refractivity contribution in [2.75, 3.05) is 0 Å². The normalized spacial score (nSPS) is 12.1. The van der Waals surface area contributed by atoms with E-state index in [4.69, 9.17) is 5.11 Å². The van der Waals surface area contributed by atoms with Gasteiger partial charge in [0.25, 0.3) is 5.91 Å². The number of carbonyl (C=O) groups is 2. The van der Waals surface area contributed by atoms with Gasteiger partial charge in [-0.1, -0.05) is 26.7 Å². The number of amides is 1. The molecule has 1 unspecified atom stereocenters. The Morgan fingerprint density at radius 3 is 2.72 bits per heavy atom. The predicted molar refractivity (Wildman–Crippen MR) is 66.4 cm³/mol. The highest BCUT2D eigenvalue weighted by Gasteiger charge is 2.21. The zero-order valence-electron chi connectivity index (χ0n) is 10.7. The van der Waals surface area contributed by atoms with Crippen LogP contribution in [0, 0.1) is 0 Å². The molecule has 0 bridgehead atoms. The molecule has 1 atom stereocenters. The quantitative estimate of drug-likeness (QED) is 0.683. The van der Waals surface area contributed by atoms with Crippen molar-refractivity contribution in [3.05, 3.63) is 17.5 Å². The Balaban J connectivity index is 2.62. The highest BCUT2D eigenvalue weighted by molar-refractivity contribution is 5.94. The second-order valence-corrected chi connectivity index (χ2v) is 4.14. The maximum Gasteiger partial charge on any atom is 0.326 e. The van der Waals surface area contributed by atoms with Gasteiger partial charge in [0.1, 0.15) is 11.7 Å². The molecule has 6 heteroatoms. The molecule has 0 saturated heterocycles. The minimum Gasteiger partial charge on any atom is -0.480 e. The molecule has 0 aliphatic carbocycles. The monoisotopic (exact) mass is 253 g/mol. The number of aromatic amines is 1. The third kappa shape index (κ3) is 3.87. The molecule has 0 aromatic carbocycles. The summed E-state index contributed by atoms with van der Waals surface area (Å²) in [5, 5.41) is 18.1. The lowest BCUT2D eigenvalue weighted by atomic mass is 10.1. The number of hydrogen-bond donors (Lipinski definition) is 3. The Morgan fingerprint density at radius 1 is 1.50 bits per heavy atom. The lowest BCUT2D eigenvalue weighted by molar-refractivity contribution is -0.139. The maximum atomic E-state index is 11.8. The van der Waals surface area contributed by atoms with Crippen molar-refractivity contribution < 1.29 is 14.7 Å². The van der Waals surface area contributed by atoms with E-state index >= 15 is 0 Å². The van der Waals surface area contributed by atoms with Crippen LogP contribution in [0.3, 0.4) is 0 Å². The fourth-order valence-electron chi connectivity index (χ4n) is 1.56. The van der Waals surface area contributed by atoms with Crippen LogP contribution in [-0.4, -0.2) is 33.2 Å². The van der Waals surface area contributed by atoms with Crippen molar-refractivity contribution in [3.8, 4) is 0 Å². The molecule has 18 heavy (non-hydrogen) atoms. The first-order valence-electron chi connectivity index (χ1n) is 6.16. The topological polar surface area (TPSA) is 95.1 Å². The Kier molecular flexibility index (Phi) is 5.35. The SMILES string of the molecule is CCCCC(NC(=O)c1cc(CC)[nH]n1)C(=O)O. The number of hydrogen-bond acceptors (Lipinski definition) is 3. The third-order valence-corrected chi connectivity index (χ3v) is 2.69. The zero-order chi connectivity index (χ0) is 13.5. The first-order chi connectivity index (χ1) is 8.58. The van der Waals surface area contributed by atoms with E-state index in [9.17, 15) is 9.59 Å². The van der Waals surface area contributed by atoms with Crippen LogP contribution < -0.4 is 5.32 Å². The smallest absolute Gasteiger partial charge is 0.326 e. The van der Waals surface area contributed by atoms with E-state index in [1.54, 1.807) is 6.07 Å². The Bertz CT molecular complexity index is 414. The Morgan fingerprint density at radius 2 is 2.22 bits per heavy atom. The summed E-state index contributed by atoms with van der Waals surface area (Å²) in [5.74, 6) is -1.46. The van der Waals surface area contributed by atoms with Gasteiger partial charge in [-0.25, -0.2) is 4.79 Å². The molecule has 6 nitrogen and oxygen atoms in total. The van der Waals surface area contributed by atoms with Gasteiger partial charge >= 0.3 is 5.97 Å². The molecule has 1 heterocycles. The van der Waals surface area contributed by atoms with Crippen LogP contribution >= 0.6 is 0 Å². The molecule has 1 rings (SSSR count). The van der Waals surface area contributed by atoms with Gasteiger partial charge in [-0.2, -0.15) is 5.10 Å². The highest BCUT2D eigenvalue weighted by atomic mass is 16.4. The molecule has 0 spiro atoms. The molecule has 1 aromatic heterocycles. The fraction of sp³-hybridized carbons (Fsp3) is 0.583. The van der Waals surface area contributed by atoms with E-state index in [-0.39, 0.29) is 5.69 Å². The molecule has 0 saturated carbocycles. The van der Waals surface area contributed by atoms with E-state index in [0.717, 1.165) is 25.0 Å². The van der Waals surface area contributed by atoms with E-state index in [0.29, 0.717) is 6.42 Å². The van der Waals surface area contributed by atoms with Gasteiger partial charge in [-0.3, -0.25) is 9.89 Å². The summed E-state index contributed by atoms with van der Waals surface area (Å²) in [5.41, 5.74) is 1.08. The number of carboxylic acid groups (broad SMARTS) is 1. The van der Waals surface area contributed by atoms with Gasteiger partial charge in [0.15, 0.2) is 0 Å². The third-order valence-electron chi connectivity index (χ3n) is 2.69. The van der Waals surface area contributed by atoms with Gasteiger partial charge in [0.2, 0.25) is 0 Å². The van der Waals surface area contributed by atoms with E-state index in [2.05, 4.69) is 15.5 Å².